The van der Waals surface area contributed by atoms with Crippen molar-refractivity contribution in [2.24, 2.45) is 5.41 Å². The van der Waals surface area contributed by atoms with Crippen molar-refractivity contribution in [3.8, 4) is 0 Å². The summed E-state index contributed by atoms with van der Waals surface area (Å²) in [4.78, 5) is 10.9. The largest absolute Gasteiger partial charge is 0.481 e. The van der Waals surface area contributed by atoms with Crippen molar-refractivity contribution >= 4 is 17.6 Å². The van der Waals surface area contributed by atoms with Gasteiger partial charge in [0, 0.05) is 0 Å². The highest BCUT2D eigenvalue weighted by Crippen LogP contribution is 2.49. The number of aliphatic carboxylic acids is 1. The molecule has 1 saturated carbocycles. The molecule has 1 aromatic carbocycles. The summed E-state index contributed by atoms with van der Waals surface area (Å²) in [6, 6.07) is 4.50. The molecule has 1 aliphatic rings. The molecule has 15 heavy (non-hydrogen) atoms. The average molecular weight is 229 g/mol. The molecule has 0 bridgehead atoms. The van der Waals surface area contributed by atoms with Crippen LogP contribution in [0.4, 0.5) is 4.39 Å². The average Bonchev–Trinajstić information content (AvgIpc) is 2.94. The molecule has 0 atom stereocenters. The summed E-state index contributed by atoms with van der Waals surface area (Å²) in [5.41, 5.74) is -0.117. The quantitative estimate of drug-likeness (QED) is 0.864. The first-order chi connectivity index (χ1) is 7.05. The minimum atomic E-state index is -0.817. The molecule has 0 saturated heterocycles. The maximum atomic E-state index is 13.1. The lowest BCUT2D eigenvalue weighted by molar-refractivity contribution is -0.143. The Balaban J connectivity index is 2.25. The zero-order valence-electron chi connectivity index (χ0n) is 7.96. The summed E-state index contributed by atoms with van der Waals surface area (Å²) in [6.07, 6.45) is 1.61. The van der Waals surface area contributed by atoms with Crippen LogP contribution in [0.25, 0.3) is 0 Å². The number of benzene rings is 1. The normalized spacial score (nSPS) is 17.5. The lowest BCUT2D eigenvalue weighted by Gasteiger charge is -2.10. The second-order valence-electron chi connectivity index (χ2n) is 3.98. The van der Waals surface area contributed by atoms with E-state index >= 15 is 0 Å². The van der Waals surface area contributed by atoms with E-state index in [4.69, 9.17) is 16.7 Å². The molecule has 0 amide bonds. The van der Waals surface area contributed by atoms with E-state index in [1.165, 1.54) is 6.07 Å². The third kappa shape index (κ3) is 1.84. The molecule has 2 nitrogen and oxygen atoms in total. The van der Waals surface area contributed by atoms with Crippen LogP contribution in [0.3, 0.4) is 0 Å². The van der Waals surface area contributed by atoms with Gasteiger partial charge in [0.1, 0.15) is 5.82 Å². The molecule has 0 aromatic heterocycles. The lowest BCUT2D eigenvalue weighted by atomic mass is 9.96. The Hall–Kier alpha value is -1.09. The van der Waals surface area contributed by atoms with Gasteiger partial charge in [-0.3, -0.25) is 4.79 Å². The van der Waals surface area contributed by atoms with E-state index in [9.17, 15) is 9.18 Å². The molecule has 0 radical (unpaired) electrons. The van der Waals surface area contributed by atoms with E-state index < -0.39 is 17.2 Å². The zero-order valence-corrected chi connectivity index (χ0v) is 8.72. The molecule has 0 aliphatic heterocycles. The first kappa shape index (κ1) is 10.4. The number of carboxylic acids is 1. The van der Waals surface area contributed by atoms with Crippen LogP contribution >= 0.6 is 11.6 Å². The van der Waals surface area contributed by atoms with Crippen LogP contribution < -0.4 is 0 Å². The van der Waals surface area contributed by atoms with Gasteiger partial charge in [0.15, 0.2) is 0 Å². The Morgan fingerprint density at radius 2 is 2.20 bits per heavy atom. The van der Waals surface area contributed by atoms with E-state index in [-0.39, 0.29) is 5.02 Å². The van der Waals surface area contributed by atoms with Gasteiger partial charge in [-0.05, 0) is 30.9 Å². The van der Waals surface area contributed by atoms with Gasteiger partial charge in [0.2, 0.25) is 0 Å². The van der Waals surface area contributed by atoms with Gasteiger partial charge in [-0.25, -0.2) is 4.39 Å². The van der Waals surface area contributed by atoms with Gasteiger partial charge in [-0.1, -0.05) is 23.7 Å². The van der Waals surface area contributed by atoms with Gasteiger partial charge in [0.25, 0.3) is 0 Å². The Morgan fingerprint density at radius 1 is 1.53 bits per heavy atom. The highest BCUT2D eigenvalue weighted by Gasteiger charge is 2.50. The molecule has 1 fully saturated rings. The Bertz CT molecular complexity index is 413. The highest BCUT2D eigenvalue weighted by molar-refractivity contribution is 6.31. The maximum absolute atomic E-state index is 13.1. The van der Waals surface area contributed by atoms with Gasteiger partial charge in [-0.15, -0.1) is 0 Å². The van der Waals surface area contributed by atoms with Crippen LogP contribution in [0, 0.1) is 11.2 Å². The molecule has 1 aliphatic carbocycles. The maximum Gasteiger partial charge on any atom is 0.309 e. The van der Waals surface area contributed by atoms with Crippen LogP contribution in [0.15, 0.2) is 18.2 Å². The third-order valence-electron chi connectivity index (χ3n) is 2.87. The van der Waals surface area contributed by atoms with Crippen molar-refractivity contribution in [1.29, 1.82) is 0 Å². The van der Waals surface area contributed by atoms with Crippen molar-refractivity contribution in [2.45, 2.75) is 19.3 Å². The van der Waals surface area contributed by atoms with Crippen molar-refractivity contribution < 1.29 is 14.3 Å². The van der Waals surface area contributed by atoms with Crippen LogP contribution in [0.1, 0.15) is 18.4 Å². The summed E-state index contributed by atoms with van der Waals surface area (Å²) in [7, 11) is 0. The molecule has 80 valence electrons. The van der Waals surface area contributed by atoms with Crippen molar-refractivity contribution in [3.63, 3.8) is 0 Å². The van der Waals surface area contributed by atoms with E-state index in [0.717, 1.165) is 0 Å². The molecule has 0 heterocycles. The summed E-state index contributed by atoms with van der Waals surface area (Å²) in [5.74, 6) is -1.31. The Labute approximate surface area is 91.7 Å². The number of carbonyl (C=O) groups is 1. The van der Waals surface area contributed by atoms with E-state index in [0.29, 0.717) is 24.8 Å². The monoisotopic (exact) mass is 228 g/mol. The SMILES string of the molecule is O=C(O)C1(Cc2cccc(F)c2Cl)CC1. The number of rotatable bonds is 3. The predicted molar refractivity (Wildman–Crippen MR) is 54.4 cm³/mol. The first-order valence-corrected chi connectivity index (χ1v) is 5.09. The van der Waals surface area contributed by atoms with Crippen LogP contribution in [0.2, 0.25) is 5.02 Å². The van der Waals surface area contributed by atoms with Gasteiger partial charge in [0.05, 0.1) is 10.4 Å². The van der Waals surface area contributed by atoms with Gasteiger partial charge >= 0.3 is 5.97 Å². The minimum Gasteiger partial charge on any atom is -0.481 e. The molecule has 1 aromatic rings. The van der Waals surface area contributed by atoms with Crippen LogP contribution in [-0.4, -0.2) is 11.1 Å². The summed E-state index contributed by atoms with van der Waals surface area (Å²) in [5, 5.41) is 9.03. The van der Waals surface area contributed by atoms with Gasteiger partial charge < -0.3 is 5.11 Å². The van der Waals surface area contributed by atoms with Crippen LogP contribution in [0.5, 0.6) is 0 Å². The highest BCUT2D eigenvalue weighted by atomic mass is 35.5. The lowest BCUT2D eigenvalue weighted by Crippen LogP contribution is -2.17. The summed E-state index contributed by atoms with van der Waals surface area (Å²) in [6.45, 7) is 0. The number of hydrogen-bond donors (Lipinski definition) is 1. The Morgan fingerprint density at radius 3 is 2.73 bits per heavy atom. The predicted octanol–water partition coefficient (Wildman–Crippen LogP) is 2.89. The van der Waals surface area contributed by atoms with Crippen molar-refractivity contribution in [3.05, 3.63) is 34.6 Å². The second-order valence-corrected chi connectivity index (χ2v) is 4.35. The fourth-order valence-corrected chi connectivity index (χ4v) is 1.86. The molecule has 2 rings (SSSR count). The van der Waals surface area contributed by atoms with Crippen LogP contribution in [-0.2, 0) is 11.2 Å². The molecular formula is C11H10ClFO2. The molecule has 1 N–H and O–H groups in total. The Kier molecular flexibility index (Phi) is 2.43. The van der Waals surface area contributed by atoms with E-state index in [1.807, 2.05) is 0 Å². The fourth-order valence-electron chi connectivity index (χ4n) is 1.67. The number of halogens is 2. The zero-order chi connectivity index (χ0) is 11.1. The van der Waals surface area contributed by atoms with Crippen molar-refractivity contribution in [1.82, 2.24) is 0 Å². The van der Waals surface area contributed by atoms with Gasteiger partial charge in [-0.2, -0.15) is 0 Å². The smallest absolute Gasteiger partial charge is 0.309 e. The third-order valence-corrected chi connectivity index (χ3v) is 3.29. The topological polar surface area (TPSA) is 37.3 Å². The second kappa shape index (κ2) is 3.49. The summed E-state index contributed by atoms with van der Waals surface area (Å²) < 4.78 is 13.1. The molecule has 4 heteroatoms. The van der Waals surface area contributed by atoms with E-state index in [1.54, 1.807) is 12.1 Å². The fraction of sp³-hybridized carbons (Fsp3) is 0.364. The minimum absolute atomic E-state index is 0.0463. The molecule has 0 unspecified atom stereocenters. The summed E-state index contributed by atoms with van der Waals surface area (Å²) >= 11 is 5.76. The number of carboxylic acid groups (broad SMARTS) is 1. The van der Waals surface area contributed by atoms with E-state index in [2.05, 4.69) is 0 Å². The van der Waals surface area contributed by atoms with Crippen molar-refractivity contribution in [2.75, 3.05) is 0 Å². The standard InChI is InChI=1S/C11H10ClFO2/c12-9-7(2-1-3-8(9)13)6-11(4-5-11)10(14)15/h1-3H,4-6H2,(H,14,15). The first-order valence-electron chi connectivity index (χ1n) is 4.71. The molecular weight excluding hydrogens is 219 g/mol. The number of hydrogen-bond acceptors (Lipinski definition) is 1. The molecule has 0 spiro atoms.